The van der Waals surface area contributed by atoms with E-state index in [0.717, 1.165) is 18.2 Å². The van der Waals surface area contributed by atoms with Gasteiger partial charge >= 0.3 is 0 Å². The van der Waals surface area contributed by atoms with E-state index in [9.17, 15) is 0 Å². The molecule has 1 fully saturated rings. The molecule has 0 spiro atoms. The lowest BCUT2D eigenvalue weighted by molar-refractivity contribution is 0.448. The highest BCUT2D eigenvalue weighted by atomic mass is 15.3. The summed E-state index contributed by atoms with van der Waals surface area (Å²) in [6.07, 6.45) is 5.87. The third-order valence-electron chi connectivity index (χ3n) is 4.18. The largest absolute Gasteiger partial charge is 0.319 e. The van der Waals surface area contributed by atoms with Crippen molar-refractivity contribution in [1.82, 2.24) is 15.1 Å². The van der Waals surface area contributed by atoms with Gasteiger partial charge in [-0.1, -0.05) is 24.6 Å². The van der Waals surface area contributed by atoms with Crippen LogP contribution in [0.4, 0.5) is 0 Å². The minimum absolute atomic E-state index is 0.634. The second kappa shape index (κ2) is 5.57. The Morgan fingerprint density at radius 1 is 1.21 bits per heavy atom. The lowest BCUT2D eigenvalue weighted by Crippen LogP contribution is -2.22. The molecule has 1 N–H and O–H groups in total. The number of rotatable bonds is 4. The van der Waals surface area contributed by atoms with E-state index < -0.39 is 0 Å². The van der Waals surface area contributed by atoms with Crippen molar-refractivity contribution in [2.75, 3.05) is 13.6 Å². The molecule has 1 saturated carbocycles. The Hall–Kier alpha value is -1.61. The van der Waals surface area contributed by atoms with Gasteiger partial charge in [0.05, 0.1) is 5.69 Å². The van der Waals surface area contributed by atoms with Crippen LogP contribution >= 0.6 is 0 Å². The zero-order valence-corrected chi connectivity index (χ0v) is 11.4. The maximum atomic E-state index is 4.52. The quantitative estimate of drug-likeness (QED) is 0.910. The molecule has 2 atom stereocenters. The number of hydrogen-bond acceptors (Lipinski definition) is 2. The highest BCUT2D eigenvalue weighted by Gasteiger charge is 2.30. The molecule has 100 valence electrons. The Morgan fingerprint density at radius 2 is 2.05 bits per heavy atom. The minimum atomic E-state index is 0.634. The molecule has 0 aliphatic heterocycles. The number of hydrogen-bond donors (Lipinski definition) is 1. The second-order valence-electron chi connectivity index (χ2n) is 5.36. The minimum Gasteiger partial charge on any atom is -0.319 e. The van der Waals surface area contributed by atoms with E-state index in [2.05, 4.69) is 45.4 Å². The standard InChI is InChI=1S/C16H21N3/c1-17-12-13-6-5-9-15(13)16-10-11-18-19(16)14-7-3-2-4-8-14/h2-4,7-8,10-11,13,15,17H,5-6,9,12H2,1H3. The topological polar surface area (TPSA) is 29.9 Å². The van der Waals surface area contributed by atoms with Crippen LogP contribution in [0.2, 0.25) is 0 Å². The zero-order chi connectivity index (χ0) is 13.1. The summed E-state index contributed by atoms with van der Waals surface area (Å²) in [6, 6.07) is 12.6. The SMILES string of the molecule is CNCC1CCCC1c1ccnn1-c1ccccc1. The van der Waals surface area contributed by atoms with Crippen molar-refractivity contribution in [3.05, 3.63) is 48.3 Å². The van der Waals surface area contributed by atoms with Crippen molar-refractivity contribution in [2.24, 2.45) is 5.92 Å². The van der Waals surface area contributed by atoms with Crippen LogP contribution in [-0.2, 0) is 0 Å². The molecule has 2 unspecified atom stereocenters. The van der Waals surface area contributed by atoms with Crippen molar-refractivity contribution >= 4 is 0 Å². The number of aromatic nitrogens is 2. The predicted molar refractivity (Wildman–Crippen MR) is 77.6 cm³/mol. The van der Waals surface area contributed by atoms with Crippen molar-refractivity contribution in [2.45, 2.75) is 25.2 Å². The van der Waals surface area contributed by atoms with Gasteiger partial charge in [-0.25, -0.2) is 4.68 Å². The predicted octanol–water partition coefficient (Wildman–Crippen LogP) is 2.98. The van der Waals surface area contributed by atoms with Gasteiger partial charge in [-0.15, -0.1) is 0 Å². The van der Waals surface area contributed by atoms with Crippen LogP contribution in [0.25, 0.3) is 5.69 Å². The second-order valence-corrected chi connectivity index (χ2v) is 5.36. The van der Waals surface area contributed by atoms with Crippen LogP contribution in [0.3, 0.4) is 0 Å². The Bertz CT molecular complexity index is 518. The fourth-order valence-electron chi connectivity index (χ4n) is 3.31. The lowest BCUT2D eigenvalue weighted by atomic mass is 9.92. The molecule has 1 aliphatic carbocycles. The van der Waals surface area contributed by atoms with E-state index in [4.69, 9.17) is 0 Å². The van der Waals surface area contributed by atoms with Crippen LogP contribution < -0.4 is 5.32 Å². The zero-order valence-electron chi connectivity index (χ0n) is 11.4. The van der Waals surface area contributed by atoms with Gasteiger partial charge in [-0.3, -0.25) is 0 Å². The van der Waals surface area contributed by atoms with E-state index in [-0.39, 0.29) is 0 Å². The number of nitrogens with zero attached hydrogens (tertiary/aromatic N) is 2. The van der Waals surface area contributed by atoms with E-state index in [1.54, 1.807) is 0 Å². The van der Waals surface area contributed by atoms with Crippen LogP contribution in [0.15, 0.2) is 42.6 Å². The molecule has 1 aliphatic rings. The Labute approximate surface area is 114 Å². The molecule has 0 radical (unpaired) electrons. The van der Waals surface area contributed by atoms with E-state index in [1.165, 1.54) is 25.0 Å². The molecule has 1 heterocycles. The summed E-state index contributed by atoms with van der Waals surface area (Å²) in [4.78, 5) is 0. The summed E-state index contributed by atoms with van der Waals surface area (Å²) < 4.78 is 2.11. The van der Waals surface area contributed by atoms with Crippen LogP contribution in [0, 0.1) is 5.92 Å². The van der Waals surface area contributed by atoms with Gasteiger partial charge in [0.25, 0.3) is 0 Å². The molecular weight excluding hydrogens is 234 g/mol. The molecule has 1 aromatic heterocycles. The number of benzene rings is 1. The maximum Gasteiger partial charge on any atom is 0.0648 e. The monoisotopic (exact) mass is 255 g/mol. The fourth-order valence-corrected chi connectivity index (χ4v) is 3.31. The molecular formula is C16H21N3. The average molecular weight is 255 g/mol. The van der Waals surface area contributed by atoms with Crippen molar-refractivity contribution < 1.29 is 0 Å². The van der Waals surface area contributed by atoms with E-state index in [0.29, 0.717) is 5.92 Å². The van der Waals surface area contributed by atoms with Gasteiger partial charge in [0.1, 0.15) is 0 Å². The van der Waals surface area contributed by atoms with E-state index >= 15 is 0 Å². The fraction of sp³-hybridized carbons (Fsp3) is 0.438. The highest BCUT2D eigenvalue weighted by Crippen LogP contribution is 2.39. The van der Waals surface area contributed by atoms with Gasteiger partial charge in [-0.05, 0) is 50.6 Å². The lowest BCUT2D eigenvalue weighted by Gasteiger charge is -2.20. The smallest absolute Gasteiger partial charge is 0.0648 e. The van der Waals surface area contributed by atoms with Gasteiger partial charge in [0.15, 0.2) is 0 Å². The Kier molecular flexibility index (Phi) is 3.65. The Morgan fingerprint density at radius 3 is 2.84 bits per heavy atom. The third-order valence-corrected chi connectivity index (χ3v) is 4.18. The highest BCUT2D eigenvalue weighted by molar-refractivity contribution is 5.33. The molecule has 3 rings (SSSR count). The Balaban J connectivity index is 1.92. The molecule has 0 saturated heterocycles. The summed E-state index contributed by atoms with van der Waals surface area (Å²) in [5.74, 6) is 1.37. The third kappa shape index (κ3) is 2.43. The number of nitrogens with one attached hydrogen (secondary N) is 1. The first kappa shape index (κ1) is 12.4. The first-order valence-corrected chi connectivity index (χ1v) is 7.14. The normalized spacial score (nSPS) is 22.8. The number of para-hydroxylation sites is 1. The molecule has 1 aromatic carbocycles. The summed E-state index contributed by atoms with van der Waals surface area (Å²) in [6.45, 7) is 1.10. The van der Waals surface area contributed by atoms with Crippen LogP contribution in [0.5, 0.6) is 0 Å². The molecule has 3 nitrogen and oxygen atoms in total. The molecule has 0 amide bonds. The van der Waals surface area contributed by atoms with E-state index in [1.807, 2.05) is 19.3 Å². The summed E-state index contributed by atoms with van der Waals surface area (Å²) in [5, 5.41) is 7.85. The van der Waals surface area contributed by atoms with Crippen molar-refractivity contribution in [3.63, 3.8) is 0 Å². The van der Waals surface area contributed by atoms with Crippen molar-refractivity contribution in [1.29, 1.82) is 0 Å². The average Bonchev–Trinajstić information content (AvgIpc) is 3.08. The molecule has 2 aromatic rings. The van der Waals surface area contributed by atoms with Gasteiger partial charge in [0, 0.05) is 17.8 Å². The van der Waals surface area contributed by atoms with Gasteiger partial charge in [-0.2, -0.15) is 5.10 Å². The van der Waals surface area contributed by atoms with Gasteiger partial charge in [0.2, 0.25) is 0 Å². The van der Waals surface area contributed by atoms with Crippen LogP contribution in [-0.4, -0.2) is 23.4 Å². The molecule has 19 heavy (non-hydrogen) atoms. The summed E-state index contributed by atoms with van der Waals surface area (Å²) >= 11 is 0. The van der Waals surface area contributed by atoms with Crippen molar-refractivity contribution in [3.8, 4) is 5.69 Å². The van der Waals surface area contributed by atoms with Gasteiger partial charge < -0.3 is 5.32 Å². The maximum absolute atomic E-state index is 4.52. The first-order valence-electron chi connectivity index (χ1n) is 7.14. The molecule has 0 bridgehead atoms. The first-order chi connectivity index (χ1) is 9.40. The van der Waals surface area contributed by atoms with Crippen LogP contribution in [0.1, 0.15) is 30.9 Å². The summed E-state index contributed by atoms with van der Waals surface area (Å²) in [7, 11) is 2.05. The molecule has 3 heteroatoms. The summed E-state index contributed by atoms with van der Waals surface area (Å²) in [5.41, 5.74) is 2.53.